The van der Waals surface area contributed by atoms with Gasteiger partial charge < -0.3 is 10.1 Å². The Morgan fingerprint density at radius 1 is 1.20 bits per heavy atom. The van der Waals surface area contributed by atoms with Crippen LogP contribution in [-0.4, -0.2) is 18.1 Å². The highest BCUT2D eigenvalue weighted by molar-refractivity contribution is 7.15. The Morgan fingerprint density at radius 3 is 2.70 bits per heavy atom. The van der Waals surface area contributed by atoms with Crippen LogP contribution in [0.15, 0.2) is 30.5 Å². The predicted molar refractivity (Wildman–Crippen MR) is 85.3 cm³/mol. The van der Waals surface area contributed by atoms with Crippen LogP contribution in [0.2, 0.25) is 0 Å². The van der Waals surface area contributed by atoms with Gasteiger partial charge in [0.15, 0.2) is 0 Å². The van der Waals surface area contributed by atoms with Crippen LogP contribution in [-0.2, 0) is 6.54 Å². The Kier molecular flexibility index (Phi) is 6.02. The Labute approximate surface area is 125 Å². The lowest BCUT2D eigenvalue weighted by Gasteiger charge is -2.03. The molecule has 0 aliphatic rings. The van der Waals surface area contributed by atoms with Crippen molar-refractivity contribution in [2.45, 2.75) is 33.2 Å². The molecule has 0 atom stereocenters. The molecule has 0 aliphatic heterocycles. The Bertz CT molecular complexity index is 507. The summed E-state index contributed by atoms with van der Waals surface area (Å²) < 4.78 is 5.45. The second-order valence-electron chi connectivity index (χ2n) is 4.62. The van der Waals surface area contributed by atoms with Crippen LogP contribution in [0.4, 0.5) is 0 Å². The van der Waals surface area contributed by atoms with Crippen molar-refractivity contribution < 1.29 is 4.74 Å². The molecule has 3 nitrogen and oxygen atoms in total. The minimum Gasteiger partial charge on any atom is -0.494 e. The van der Waals surface area contributed by atoms with E-state index in [-0.39, 0.29) is 0 Å². The van der Waals surface area contributed by atoms with E-state index >= 15 is 0 Å². The van der Waals surface area contributed by atoms with E-state index in [9.17, 15) is 0 Å². The summed E-state index contributed by atoms with van der Waals surface area (Å²) in [6.07, 6.45) is 4.42. The zero-order valence-electron chi connectivity index (χ0n) is 12.2. The maximum atomic E-state index is 5.45. The molecule has 0 radical (unpaired) electrons. The van der Waals surface area contributed by atoms with Crippen molar-refractivity contribution in [2.24, 2.45) is 0 Å². The van der Waals surface area contributed by atoms with Gasteiger partial charge in [0, 0.05) is 23.2 Å². The number of hydrogen-bond donors (Lipinski definition) is 1. The highest BCUT2D eigenvalue weighted by Crippen LogP contribution is 2.26. The van der Waals surface area contributed by atoms with Crippen molar-refractivity contribution in [2.75, 3.05) is 13.2 Å². The molecule has 0 unspecified atom stereocenters. The molecular weight excluding hydrogens is 268 g/mol. The maximum Gasteiger partial charge on any atom is 0.123 e. The number of nitrogens with zero attached hydrogens (tertiary/aromatic N) is 1. The molecule has 1 heterocycles. The lowest BCUT2D eigenvalue weighted by Crippen LogP contribution is -2.13. The largest absolute Gasteiger partial charge is 0.494 e. The third kappa shape index (κ3) is 4.32. The summed E-state index contributed by atoms with van der Waals surface area (Å²) in [6, 6.07) is 8.13. The van der Waals surface area contributed by atoms with E-state index < -0.39 is 0 Å². The van der Waals surface area contributed by atoms with E-state index in [0.717, 1.165) is 29.4 Å². The number of unbranched alkanes of at least 4 members (excludes halogenated alkanes) is 1. The minimum absolute atomic E-state index is 0.699. The molecule has 2 rings (SSSR count). The molecule has 1 aromatic carbocycles. The van der Waals surface area contributed by atoms with Crippen molar-refractivity contribution in [3.05, 3.63) is 35.3 Å². The van der Waals surface area contributed by atoms with Gasteiger partial charge in [0.2, 0.25) is 0 Å². The van der Waals surface area contributed by atoms with Gasteiger partial charge in [-0.15, -0.1) is 11.3 Å². The molecular formula is C16H22N2OS. The van der Waals surface area contributed by atoms with Crippen LogP contribution in [0.1, 0.15) is 31.6 Å². The third-order valence-corrected chi connectivity index (χ3v) is 4.02. The molecule has 0 spiro atoms. The van der Waals surface area contributed by atoms with Gasteiger partial charge >= 0.3 is 0 Å². The van der Waals surface area contributed by atoms with Crippen LogP contribution in [0.5, 0.6) is 5.75 Å². The molecule has 108 valence electrons. The molecule has 0 saturated heterocycles. The zero-order valence-corrected chi connectivity index (χ0v) is 13.0. The average Bonchev–Trinajstić information content (AvgIpc) is 2.94. The molecule has 0 saturated carbocycles. The van der Waals surface area contributed by atoms with Crippen molar-refractivity contribution in [3.8, 4) is 16.3 Å². The van der Waals surface area contributed by atoms with Gasteiger partial charge in [0.05, 0.1) is 6.61 Å². The van der Waals surface area contributed by atoms with Gasteiger partial charge in [-0.1, -0.05) is 13.3 Å². The summed E-state index contributed by atoms with van der Waals surface area (Å²) in [6.45, 7) is 6.89. The molecule has 1 aromatic heterocycles. The fourth-order valence-electron chi connectivity index (χ4n) is 1.90. The number of hydrogen-bond acceptors (Lipinski definition) is 4. The SMILES string of the molecule is CCCCNCc1cnc(-c2ccc(OCC)cc2)s1. The quantitative estimate of drug-likeness (QED) is 0.743. The highest BCUT2D eigenvalue weighted by Gasteiger charge is 2.05. The topological polar surface area (TPSA) is 34.2 Å². The smallest absolute Gasteiger partial charge is 0.123 e. The number of rotatable bonds is 8. The number of aromatic nitrogens is 1. The lowest BCUT2D eigenvalue weighted by atomic mass is 10.2. The van der Waals surface area contributed by atoms with E-state index in [0.29, 0.717) is 6.61 Å². The minimum atomic E-state index is 0.699. The summed E-state index contributed by atoms with van der Waals surface area (Å²) >= 11 is 1.75. The van der Waals surface area contributed by atoms with E-state index in [1.54, 1.807) is 11.3 Å². The zero-order chi connectivity index (χ0) is 14.2. The number of benzene rings is 1. The van der Waals surface area contributed by atoms with Crippen LogP contribution < -0.4 is 10.1 Å². The number of ether oxygens (including phenoxy) is 1. The van der Waals surface area contributed by atoms with Gasteiger partial charge in [-0.2, -0.15) is 0 Å². The molecule has 0 aliphatic carbocycles. The summed E-state index contributed by atoms with van der Waals surface area (Å²) in [5.41, 5.74) is 1.15. The van der Waals surface area contributed by atoms with Crippen LogP contribution in [0.25, 0.3) is 10.6 Å². The first-order valence-electron chi connectivity index (χ1n) is 7.22. The second-order valence-corrected chi connectivity index (χ2v) is 5.73. The average molecular weight is 290 g/mol. The fourth-order valence-corrected chi connectivity index (χ4v) is 2.78. The lowest BCUT2D eigenvalue weighted by molar-refractivity contribution is 0.340. The molecule has 0 amide bonds. The third-order valence-electron chi connectivity index (χ3n) is 2.97. The van der Waals surface area contributed by atoms with Crippen molar-refractivity contribution in [1.29, 1.82) is 0 Å². The van der Waals surface area contributed by atoms with E-state index in [1.807, 2.05) is 25.3 Å². The number of nitrogens with one attached hydrogen (secondary N) is 1. The van der Waals surface area contributed by atoms with E-state index in [2.05, 4.69) is 29.4 Å². The van der Waals surface area contributed by atoms with E-state index in [1.165, 1.54) is 17.7 Å². The standard InChI is InChI=1S/C16H22N2OS/c1-3-5-10-17-11-15-12-18-16(20-15)13-6-8-14(9-7-13)19-4-2/h6-9,12,17H,3-5,10-11H2,1-2H3. The van der Waals surface area contributed by atoms with Crippen LogP contribution in [0, 0.1) is 0 Å². The second kappa shape index (κ2) is 8.02. The van der Waals surface area contributed by atoms with E-state index in [4.69, 9.17) is 4.74 Å². The van der Waals surface area contributed by atoms with Gasteiger partial charge in [-0.3, -0.25) is 0 Å². The molecule has 0 bridgehead atoms. The molecule has 4 heteroatoms. The molecule has 0 fully saturated rings. The molecule has 1 N–H and O–H groups in total. The van der Waals surface area contributed by atoms with Crippen LogP contribution >= 0.6 is 11.3 Å². The summed E-state index contributed by atoms with van der Waals surface area (Å²) in [5.74, 6) is 0.911. The van der Waals surface area contributed by atoms with Crippen molar-refractivity contribution >= 4 is 11.3 Å². The van der Waals surface area contributed by atoms with Gasteiger partial charge in [-0.25, -0.2) is 4.98 Å². The van der Waals surface area contributed by atoms with Gasteiger partial charge in [0.25, 0.3) is 0 Å². The van der Waals surface area contributed by atoms with Crippen molar-refractivity contribution in [1.82, 2.24) is 10.3 Å². The normalized spacial score (nSPS) is 10.7. The van der Waals surface area contributed by atoms with Crippen molar-refractivity contribution in [3.63, 3.8) is 0 Å². The predicted octanol–water partition coefficient (Wildman–Crippen LogP) is 4.10. The summed E-state index contributed by atoms with van der Waals surface area (Å²) in [5, 5.41) is 4.51. The summed E-state index contributed by atoms with van der Waals surface area (Å²) in [7, 11) is 0. The highest BCUT2D eigenvalue weighted by atomic mass is 32.1. The van der Waals surface area contributed by atoms with Gasteiger partial charge in [0.1, 0.15) is 10.8 Å². The first-order chi connectivity index (χ1) is 9.83. The Balaban J connectivity index is 1.93. The first-order valence-corrected chi connectivity index (χ1v) is 8.03. The monoisotopic (exact) mass is 290 g/mol. The number of thiazole rings is 1. The fraction of sp³-hybridized carbons (Fsp3) is 0.438. The first kappa shape index (κ1) is 15.0. The molecule has 2 aromatic rings. The Morgan fingerprint density at radius 2 is 2.00 bits per heavy atom. The molecule has 20 heavy (non-hydrogen) atoms. The maximum absolute atomic E-state index is 5.45. The van der Waals surface area contributed by atoms with Gasteiger partial charge in [-0.05, 0) is 44.2 Å². The summed E-state index contributed by atoms with van der Waals surface area (Å²) in [4.78, 5) is 5.78. The van der Waals surface area contributed by atoms with Crippen LogP contribution in [0.3, 0.4) is 0 Å². The Hall–Kier alpha value is -1.39.